The summed E-state index contributed by atoms with van der Waals surface area (Å²) in [4.78, 5) is 23.2. The van der Waals surface area contributed by atoms with Gasteiger partial charge in [-0.1, -0.05) is 0 Å². The van der Waals surface area contributed by atoms with Gasteiger partial charge in [0, 0.05) is 30.6 Å². The number of aromatic nitrogens is 4. The van der Waals surface area contributed by atoms with Crippen molar-refractivity contribution >= 4 is 11.7 Å². The summed E-state index contributed by atoms with van der Waals surface area (Å²) in [5.74, 6) is 1.13. The lowest BCUT2D eigenvalue weighted by Gasteiger charge is -2.24. The van der Waals surface area contributed by atoms with E-state index in [1.54, 1.807) is 4.52 Å². The zero-order valence-electron chi connectivity index (χ0n) is 13.7. The summed E-state index contributed by atoms with van der Waals surface area (Å²) >= 11 is 0. The number of aliphatic hydroxyl groups is 1. The van der Waals surface area contributed by atoms with Crippen molar-refractivity contribution in [1.82, 2.24) is 24.5 Å². The molecule has 0 aliphatic carbocycles. The Kier molecular flexibility index (Phi) is 4.56. The fourth-order valence-electron chi connectivity index (χ4n) is 3.31. The highest BCUT2D eigenvalue weighted by Crippen LogP contribution is 2.22. The van der Waals surface area contributed by atoms with Crippen molar-refractivity contribution in [2.75, 3.05) is 13.2 Å². The first-order valence-corrected chi connectivity index (χ1v) is 8.18. The minimum atomic E-state index is 0.0655. The Morgan fingerprint density at radius 1 is 1.39 bits per heavy atom. The average molecular weight is 317 g/mol. The third-order valence-electron chi connectivity index (χ3n) is 4.36. The molecular weight excluding hydrogens is 294 g/mol. The molecule has 3 heterocycles. The molecule has 1 unspecified atom stereocenters. The van der Waals surface area contributed by atoms with Crippen LogP contribution in [0.15, 0.2) is 6.07 Å². The highest BCUT2D eigenvalue weighted by molar-refractivity contribution is 5.78. The van der Waals surface area contributed by atoms with Crippen LogP contribution in [0.25, 0.3) is 5.78 Å². The first kappa shape index (κ1) is 15.9. The molecule has 124 valence electrons. The number of rotatable bonds is 5. The van der Waals surface area contributed by atoms with Gasteiger partial charge in [0.1, 0.15) is 0 Å². The zero-order valence-corrected chi connectivity index (χ0v) is 13.7. The molecule has 7 heteroatoms. The van der Waals surface area contributed by atoms with E-state index in [1.807, 2.05) is 24.8 Å². The Balaban J connectivity index is 1.73. The molecule has 1 atom stereocenters. The number of nitrogens with zero attached hydrogens (tertiary/aromatic N) is 5. The summed E-state index contributed by atoms with van der Waals surface area (Å²) in [5, 5.41) is 13.4. The minimum absolute atomic E-state index is 0.0655. The average Bonchev–Trinajstić information content (AvgIpc) is 3.11. The van der Waals surface area contributed by atoms with Crippen LogP contribution in [0.4, 0.5) is 0 Å². The molecule has 7 nitrogen and oxygen atoms in total. The number of amides is 1. The number of carbonyl (C=O) groups is 1. The maximum atomic E-state index is 12.6. The Hall–Kier alpha value is -2.02. The van der Waals surface area contributed by atoms with Gasteiger partial charge in [0.05, 0.1) is 6.42 Å². The topological polar surface area (TPSA) is 83.6 Å². The van der Waals surface area contributed by atoms with E-state index in [2.05, 4.69) is 15.1 Å². The van der Waals surface area contributed by atoms with Gasteiger partial charge in [-0.3, -0.25) is 4.79 Å². The fraction of sp³-hybridized carbons (Fsp3) is 0.625. The van der Waals surface area contributed by atoms with Gasteiger partial charge in [-0.25, -0.2) is 9.50 Å². The van der Waals surface area contributed by atoms with Crippen LogP contribution < -0.4 is 0 Å². The van der Waals surface area contributed by atoms with Crippen LogP contribution in [0.3, 0.4) is 0 Å². The van der Waals surface area contributed by atoms with Gasteiger partial charge < -0.3 is 10.0 Å². The first-order chi connectivity index (χ1) is 11.1. The lowest BCUT2D eigenvalue weighted by Crippen LogP contribution is -2.36. The molecule has 1 aliphatic heterocycles. The van der Waals surface area contributed by atoms with E-state index in [9.17, 15) is 4.79 Å². The Bertz CT molecular complexity index is 712. The van der Waals surface area contributed by atoms with Crippen LogP contribution in [0.5, 0.6) is 0 Å². The Labute approximate surface area is 135 Å². The molecule has 1 N–H and O–H groups in total. The summed E-state index contributed by atoms with van der Waals surface area (Å²) in [7, 11) is 0. The Morgan fingerprint density at radius 3 is 3.00 bits per heavy atom. The van der Waals surface area contributed by atoms with Gasteiger partial charge in [0.25, 0.3) is 5.78 Å². The number of likely N-dealkylation sites (tertiary alicyclic amines) is 1. The summed E-state index contributed by atoms with van der Waals surface area (Å²) < 4.78 is 1.68. The van der Waals surface area contributed by atoms with Gasteiger partial charge >= 0.3 is 0 Å². The van der Waals surface area contributed by atoms with Crippen molar-refractivity contribution in [2.45, 2.75) is 52.0 Å². The quantitative estimate of drug-likeness (QED) is 0.891. The van der Waals surface area contributed by atoms with Crippen molar-refractivity contribution in [3.05, 3.63) is 23.3 Å². The van der Waals surface area contributed by atoms with Crippen molar-refractivity contribution < 1.29 is 9.90 Å². The molecule has 0 aromatic carbocycles. The molecular formula is C16H23N5O2. The standard InChI is InChI=1S/C16H23N5O2/c1-11-9-12(2)21-16(17-11)18-14(19-21)10-15(23)20-7-3-5-13(20)6-4-8-22/h9,13,22H,3-8,10H2,1-2H3. The lowest BCUT2D eigenvalue weighted by molar-refractivity contribution is -0.131. The number of hydrogen-bond donors (Lipinski definition) is 1. The second-order valence-corrected chi connectivity index (χ2v) is 6.20. The van der Waals surface area contributed by atoms with Crippen LogP contribution >= 0.6 is 0 Å². The van der Waals surface area contributed by atoms with E-state index in [0.29, 0.717) is 11.6 Å². The molecule has 2 aromatic heterocycles. The highest BCUT2D eigenvalue weighted by atomic mass is 16.3. The molecule has 0 saturated carbocycles. The zero-order chi connectivity index (χ0) is 16.4. The summed E-state index contributed by atoms with van der Waals surface area (Å²) in [6, 6.07) is 2.19. The smallest absolute Gasteiger partial charge is 0.252 e. The SMILES string of the molecule is Cc1cc(C)n2nc(CC(=O)N3CCCC3CCCO)nc2n1. The second kappa shape index (κ2) is 6.62. The molecule has 1 aliphatic rings. The van der Waals surface area contributed by atoms with E-state index < -0.39 is 0 Å². The van der Waals surface area contributed by atoms with Crippen LogP contribution in [0, 0.1) is 13.8 Å². The van der Waals surface area contributed by atoms with E-state index in [-0.39, 0.29) is 25.0 Å². The number of carbonyl (C=O) groups excluding carboxylic acids is 1. The molecule has 1 saturated heterocycles. The Morgan fingerprint density at radius 2 is 2.22 bits per heavy atom. The molecule has 2 aromatic rings. The third kappa shape index (κ3) is 3.34. The van der Waals surface area contributed by atoms with Crippen LogP contribution in [0.1, 0.15) is 42.9 Å². The first-order valence-electron chi connectivity index (χ1n) is 8.18. The minimum Gasteiger partial charge on any atom is -0.396 e. The lowest BCUT2D eigenvalue weighted by atomic mass is 10.1. The maximum absolute atomic E-state index is 12.6. The maximum Gasteiger partial charge on any atom is 0.252 e. The summed E-state index contributed by atoms with van der Waals surface area (Å²) in [6.45, 7) is 4.84. The molecule has 23 heavy (non-hydrogen) atoms. The molecule has 3 rings (SSSR count). The van der Waals surface area contributed by atoms with E-state index in [4.69, 9.17) is 5.11 Å². The van der Waals surface area contributed by atoms with E-state index in [1.165, 1.54) is 0 Å². The number of aryl methyl sites for hydroxylation is 2. The molecule has 1 fully saturated rings. The van der Waals surface area contributed by atoms with Crippen LogP contribution in [-0.4, -0.2) is 54.7 Å². The number of aliphatic hydroxyl groups excluding tert-OH is 1. The summed E-state index contributed by atoms with van der Waals surface area (Å²) in [6.07, 6.45) is 3.85. The molecule has 0 radical (unpaired) electrons. The molecule has 0 spiro atoms. The largest absolute Gasteiger partial charge is 0.396 e. The molecule has 0 bridgehead atoms. The third-order valence-corrected chi connectivity index (χ3v) is 4.36. The van der Waals surface area contributed by atoms with Crippen molar-refractivity contribution in [1.29, 1.82) is 0 Å². The van der Waals surface area contributed by atoms with Crippen LogP contribution in [0.2, 0.25) is 0 Å². The van der Waals surface area contributed by atoms with Crippen molar-refractivity contribution in [3.8, 4) is 0 Å². The second-order valence-electron chi connectivity index (χ2n) is 6.20. The fourth-order valence-corrected chi connectivity index (χ4v) is 3.31. The van der Waals surface area contributed by atoms with E-state index in [0.717, 1.165) is 43.6 Å². The van der Waals surface area contributed by atoms with Crippen LogP contribution in [-0.2, 0) is 11.2 Å². The predicted molar refractivity (Wildman–Crippen MR) is 85.0 cm³/mol. The molecule has 1 amide bonds. The van der Waals surface area contributed by atoms with Gasteiger partial charge in [-0.05, 0) is 45.6 Å². The van der Waals surface area contributed by atoms with Gasteiger partial charge in [-0.2, -0.15) is 4.98 Å². The summed E-state index contributed by atoms with van der Waals surface area (Å²) in [5.41, 5.74) is 1.85. The van der Waals surface area contributed by atoms with Gasteiger partial charge in [0.15, 0.2) is 5.82 Å². The van der Waals surface area contributed by atoms with Gasteiger partial charge in [0.2, 0.25) is 5.91 Å². The monoisotopic (exact) mass is 317 g/mol. The normalized spacial score (nSPS) is 18.0. The van der Waals surface area contributed by atoms with Gasteiger partial charge in [-0.15, -0.1) is 5.10 Å². The predicted octanol–water partition coefficient (Wildman–Crippen LogP) is 1.05. The van der Waals surface area contributed by atoms with Crippen molar-refractivity contribution in [2.24, 2.45) is 0 Å². The number of fused-ring (bicyclic) bond motifs is 1. The van der Waals surface area contributed by atoms with E-state index >= 15 is 0 Å². The van der Waals surface area contributed by atoms with Crippen molar-refractivity contribution in [3.63, 3.8) is 0 Å². The highest BCUT2D eigenvalue weighted by Gasteiger charge is 2.28. The number of hydrogen-bond acceptors (Lipinski definition) is 5.